The second-order valence-corrected chi connectivity index (χ2v) is 6.23. The van der Waals surface area contributed by atoms with E-state index in [1.54, 1.807) is 7.11 Å². The normalized spacial score (nSPS) is 22.2. The third-order valence-corrected chi connectivity index (χ3v) is 4.11. The summed E-state index contributed by atoms with van der Waals surface area (Å²) in [7, 11) is 1.76. The molecule has 19 heavy (non-hydrogen) atoms. The molecule has 4 heteroatoms. The lowest BCUT2D eigenvalue weighted by molar-refractivity contribution is 0.141. The van der Waals surface area contributed by atoms with E-state index in [1.807, 2.05) is 6.92 Å². The number of hydrogen-bond acceptors (Lipinski definition) is 4. The smallest absolute Gasteiger partial charge is 0.104 e. The number of nitriles is 1. The van der Waals surface area contributed by atoms with Gasteiger partial charge in [-0.1, -0.05) is 0 Å². The first-order valence-electron chi connectivity index (χ1n) is 7.59. The van der Waals surface area contributed by atoms with Crippen molar-refractivity contribution >= 4 is 0 Å². The Morgan fingerprint density at radius 2 is 2.05 bits per heavy atom. The molecular formula is C15H27N3O. The summed E-state index contributed by atoms with van der Waals surface area (Å²) in [6, 6.07) is 3.83. The topological polar surface area (TPSA) is 48.3 Å². The van der Waals surface area contributed by atoms with Gasteiger partial charge in [0, 0.05) is 25.7 Å². The van der Waals surface area contributed by atoms with Crippen molar-refractivity contribution in [1.29, 1.82) is 5.26 Å². The molecule has 4 nitrogen and oxygen atoms in total. The Bertz CT molecular complexity index is 320. The molecule has 0 heterocycles. The lowest BCUT2D eigenvalue weighted by Crippen LogP contribution is -2.43. The Hall–Kier alpha value is -0.630. The minimum absolute atomic E-state index is 0.336. The third kappa shape index (κ3) is 5.10. The predicted molar refractivity (Wildman–Crippen MR) is 75.9 cm³/mol. The first-order chi connectivity index (χ1) is 9.17. The Balaban J connectivity index is 1.69. The van der Waals surface area contributed by atoms with Gasteiger partial charge in [-0.25, -0.2) is 0 Å². The van der Waals surface area contributed by atoms with Gasteiger partial charge in [-0.05, 0) is 52.0 Å². The van der Waals surface area contributed by atoms with Gasteiger partial charge >= 0.3 is 0 Å². The fourth-order valence-corrected chi connectivity index (χ4v) is 2.60. The lowest BCUT2D eigenvalue weighted by Gasteiger charge is -2.26. The fourth-order valence-electron chi connectivity index (χ4n) is 2.60. The van der Waals surface area contributed by atoms with Crippen molar-refractivity contribution in [3.05, 3.63) is 0 Å². The number of hydrogen-bond donors (Lipinski definition) is 1. The summed E-state index contributed by atoms with van der Waals surface area (Å²) in [5.74, 6) is 0. The van der Waals surface area contributed by atoms with Crippen LogP contribution in [0.15, 0.2) is 0 Å². The summed E-state index contributed by atoms with van der Waals surface area (Å²) in [5, 5.41) is 12.8. The molecule has 0 aliphatic heterocycles. The fraction of sp³-hybridized carbons (Fsp3) is 0.933. The summed E-state index contributed by atoms with van der Waals surface area (Å²) in [6.07, 6.45) is 7.16. The van der Waals surface area contributed by atoms with Crippen molar-refractivity contribution in [3.63, 3.8) is 0 Å². The molecule has 0 spiro atoms. The SMILES string of the molecule is COCCN(CCCC(C)(C#N)NC1CC1)C1CC1. The van der Waals surface area contributed by atoms with Crippen LogP contribution in [-0.2, 0) is 4.74 Å². The van der Waals surface area contributed by atoms with Crippen LogP contribution in [0, 0.1) is 11.3 Å². The quantitative estimate of drug-likeness (QED) is 0.655. The third-order valence-electron chi connectivity index (χ3n) is 4.11. The van der Waals surface area contributed by atoms with Gasteiger partial charge in [-0.3, -0.25) is 10.2 Å². The summed E-state index contributed by atoms with van der Waals surface area (Å²) in [5.41, 5.74) is -0.336. The molecule has 1 N–H and O–H groups in total. The van der Waals surface area contributed by atoms with Gasteiger partial charge < -0.3 is 4.74 Å². The monoisotopic (exact) mass is 265 g/mol. The van der Waals surface area contributed by atoms with Gasteiger partial charge in [0.25, 0.3) is 0 Å². The molecule has 108 valence electrons. The highest BCUT2D eigenvalue weighted by atomic mass is 16.5. The maximum atomic E-state index is 9.34. The average Bonchev–Trinajstić information content (AvgIpc) is 3.25. The molecule has 0 aromatic heterocycles. The molecule has 1 unspecified atom stereocenters. The van der Waals surface area contributed by atoms with Crippen LogP contribution in [0.5, 0.6) is 0 Å². The van der Waals surface area contributed by atoms with Crippen molar-refractivity contribution < 1.29 is 4.74 Å². The molecule has 1 atom stereocenters. The van der Waals surface area contributed by atoms with Crippen LogP contribution in [0.25, 0.3) is 0 Å². The number of nitrogens with zero attached hydrogens (tertiary/aromatic N) is 2. The van der Waals surface area contributed by atoms with Crippen LogP contribution in [0.3, 0.4) is 0 Å². The Kier molecular flexibility index (Phi) is 5.20. The Labute approximate surface area is 117 Å². The Morgan fingerprint density at radius 1 is 1.32 bits per heavy atom. The number of ether oxygens (including phenoxy) is 1. The molecule has 2 aliphatic rings. The molecule has 0 radical (unpaired) electrons. The average molecular weight is 265 g/mol. The van der Waals surface area contributed by atoms with Crippen LogP contribution >= 0.6 is 0 Å². The zero-order valence-electron chi connectivity index (χ0n) is 12.3. The van der Waals surface area contributed by atoms with E-state index < -0.39 is 0 Å². The van der Waals surface area contributed by atoms with Gasteiger partial charge in [-0.2, -0.15) is 5.26 Å². The van der Waals surface area contributed by atoms with E-state index in [2.05, 4.69) is 16.3 Å². The van der Waals surface area contributed by atoms with Gasteiger partial charge in [0.1, 0.15) is 5.54 Å². The van der Waals surface area contributed by atoms with E-state index in [1.165, 1.54) is 25.7 Å². The second kappa shape index (κ2) is 6.69. The molecule has 0 aromatic carbocycles. The summed E-state index contributed by atoms with van der Waals surface area (Å²) in [6.45, 7) is 4.98. The van der Waals surface area contributed by atoms with Crippen LogP contribution in [0.1, 0.15) is 45.4 Å². The molecule has 0 aromatic rings. The summed E-state index contributed by atoms with van der Waals surface area (Å²) >= 11 is 0. The van der Waals surface area contributed by atoms with E-state index >= 15 is 0 Å². The molecule has 0 bridgehead atoms. The Morgan fingerprint density at radius 3 is 2.58 bits per heavy atom. The van der Waals surface area contributed by atoms with Crippen molar-refractivity contribution in [2.24, 2.45) is 0 Å². The van der Waals surface area contributed by atoms with Crippen molar-refractivity contribution in [2.45, 2.75) is 63.1 Å². The summed E-state index contributed by atoms with van der Waals surface area (Å²) in [4.78, 5) is 2.53. The number of methoxy groups -OCH3 is 1. The van der Waals surface area contributed by atoms with E-state index in [4.69, 9.17) is 4.74 Å². The number of nitrogens with one attached hydrogen (secondary N) is 1. The van der Waals surface area contributed by atoms with E-state index in [-0.39, 0.29) is 5.54 Å². The zero-order chi connectivity index (χ0) is 13.7. The first-order valence-corrected chi connectivity index (χ1v) is 7.59. The number of rotatable bonds is 10. The molecule has 2 aliphatic carbocycles. The lowest BCUT2D eigenvalue weighted by atomic mass is 9.97. The van der Waals surface area contributed by atoms with E-state index in [0.29, 0.717) is 6.04 Å². The van der Waals surface area contributed by atoms with Gasteiger partial charge in [-0.15, -0.1) is 0 Å². The highest BCUT2D eigenvalue weighted by molar-refractivity contribution is 5.07. The molecule has 2 saturated carbocycles. The van der Waals surface area contributed by atoms with Crippen LogP contribution < -0.4 is 5.32 Å². The first kappa shape index (κ1) is 14.8. The van der Waals surface area contributed by atoms with E-state index in [0.717, 1.165) is 38.6 Å². The van der Waals surface area contributed by atoms with Gasteiger partial charge in [0.05, 0.1) is 12.7 Å². The van der Waals surface area contributed by atoms with E-state index in [9.17, 15) is 5.26 Å². The van der Waals surface area contributed by atoms with Gasteiger partial charge in [0.15, 0.2) is 0 Å². The van der Waals surface area contributed by atoms with Crippen molar-refractivity contribution in [2.75, 3.05) is 26.8 Å². The molecular weight excluding hydrogens is 238 g/mol. The maximum Gasteiger partial charge on any atom is 0.104 e. The van der Waals surface area contributed by atoms with Gasteiger partial charge in [0.2, 0.25) is 0 Å². The van der Waals surface area contributed by atoms with Crippen LogP contribution in [0.4, 0.5) is 0 Å². The van der Waals surface area contributed by atoms with Crippen LogP contribution in [-0.4, -0.2) is 49.3 Å². The van der Waals surface area contributed by atoms with Crippen LogP contribution in [0.2, 0.25) is 0 Å². The molecule has 0 saturated heterocycles. The zero-order valence-corrected chi connectivity index (χ0v) is 12.3. The van der Waals surface area contributed by atoms with Crippen molar-refractivity contribution in [3.8, 4) is 6.07 Å². The largest absolute Gasteiger partial charge is 0.383 e. The highest BCUT2D eigenvalue weighted by Gasteiger charge is 2.33. The second-order valence-electron chi connectivity index (χ2n) is 6.23. The standard InChI is InChI=1S/C15H27N3O/c1-15(12-16,17-13-4-5-13)8-3-9-18(10-11-19-2)14-6-7-14/h13-14,17H,3-11H2,1-2H3. The minimum Gasteiger partial charge on any atom is -0.383 e. The predicted octanol–water partition coefficient (Wildman–Crippen LogP) is 1.91. The highest BCUT2D eigenvalue weighted by Crippen LogP contribution is 2.28. The molecule has 2 rings (SSSR count). The summed E-state index contributed by atoms with van der Waals surface area (Å²) < 4.78 is 5.17. The van der Waals surface area contributed by atoms with Crippen molar-refractivity contribution in [1.82, 2.24) is 10.2 Å². The molecule has 2 fully saturated rings. The maximum absolute atomic E-state index is 9.34. The molecule has 0 amide bonds. The minimum atomic E-state index is -0.336.